The zero-order chi connectivity index (χ0) is 14.4. The Bertz CT molecular complexity index is 469. The van der Waals surface area contributed by atoms with E-state index in [1.165, 1.54) is 0 Å². The lowest BCUT2D eigenvalue weighted by atomic mass is 9.97. The van der Waals surface area contributed by atoms with Gasteiger partial charge < -0.3 is 10.1 Å². The molecule has 2 unspecified atom stereocenters. The molecule has 0 amide bonds. The Labute approximate surface area is 121 Å². The highest BCUT2D eigenvalue weighted by Crippen LogP contribution is 2.28. The first-order chi connectivity index (χ1) is 9.76. The zero-order valence-electron chi connectivity index (χ0n) is 12.3. The Morgan fingerprint density at radius 3 is 3.10 bits per heavy atom. The van der Waals surface area contributed by atoms with Crippen LogP contribution in [0.25, 0.3) is 0 Å². The normalized spacial score (nSPS) is 23.4. The molecule has 2 atom stereocenters. The molecule has 0 radical (unpaired) electrons. The average molecular weight is 273 g/mol. The first kappa shape index (κ1) is 15.0. The molecule has 0 spiro atoms. The first-order valence-corrected chi connectivity index (χ1v) is 7.29. The average Bonchev–Trinajstić information content (AvgIpc) is 2.48. The summed E-state index contributed by atoms with van der Waals surface area (Å²) in [4.78, 5) is 2.32. The number of hydrogen-bond donors (Lipinski definition) is 1. The van der Waals surface area contributed by atoms with Gasteiger partial charge in [0.2, 0.25) is 0 Å². The molecule has 0 aromatic heterocycles. The van der Waals surface area contributed by atoms with Gasteiger partial charge >= 0.3 is 0 Å². The van der Waals surface area contributed by atoms with Crippen molar-refractivity contribution in [3.63, 3.8) is 0 Å². The molecule has 4 heteroatoms. The summed E-state index contributed by atoms with van der Waals surface area (Å²) in [7, 11) is 2.12. The third kappa shape index (κ3) is 3.57. The molecule has 1 fully saturated rings. The Hall–Kier alpha value is -1.41. The Balaban J connectivity index is 2.16. The van der Waals surface area contributed by atoms with E-state index in [0.29, 0.717) is 5.56 Å². The molecule has 0 saturated carbocycles. The number of nitriles is 1. The van der Waals surface area contributed by atoms with E-state index in [0.717, 1.165) is 38.2 Å². The third-order valence-electron chi connectivity index (χ3n) is 3.73. The number of ether oxygens (including phenoxy) is 1. The van der Waals surface area contributed by atoms with Gasteiger partial charge in [0, 0.05) is 13.1 Å². The minimum atomic E-state index is 0.134. The molecule has 108 valence electrons. The van der Waals surface area contributed by atoms with E-state index in [-0.39, 0.29) is 12.1 Å². The summed E-state index contributed by atoms with van der Waals surface area (Å²) in [5, 5.41) is 12.5. The molecule has 20 heavy (non-hydrogen) atoms. The number of nitrogens with zero attached hydrogens (tertiary/aromatic N) is 2. The molecule has 1 aliphatic rings. The predicted octanol–water partition coefficient (Wildman–Crippen LogP) is 1.93. The number of likely N-dealkylation sites (N-methyl/N-ethyl adjacent to an activating group) is 1. The number of nitrogens with one attached hydrogen (secondary N) is 1. The van der Waals surface area contributed by atoms with Crippen molar-refractivity contribution in [2.24, 2.45) is 0 Å². The van der Waals surface area contributed by atoms with Crippen LogP contribution in [-0.4, -0.2) is 44.3 Å². The van der Waals surface area contributed by atoms with E-state index in [1.807, 2.05) is 18.2 Å². The molecule has 2 rings (SSSR count). The number of benzene rings is 1. The van der Waals surface area contributed by atoms with Gasteiger partial charge in [-0.15, -0.1) is 0 Å². The van der Waals surface area contributed by atoms with Crippen LogP contribution >= 0.6 is 0 Å². The van der Waals surface area contributed by atoms with Crippen molar-refractivity contribution in [1.29, 1.82) is 5.26 Å². The van der Waals surface area contributed by atoms with Crippen LogP contribution in [0.1, 0.15) is 30.5 Å². The van der Waals surface area contributed by atoms with Gasteiger partial charge in [-0.05, 0) is 37.7 Å². The van der Waals surface area contributed by atoms with E-state index in [1.54, 1.807) is 0 Å². The van der Waals surface area contributed by atoms with Crippen LogP contribution in [-0.2, 0) is 4.74 Å². The van der Waals surface area contributed by atoms with Crippen molar-refractivity contribution < 1.29 is 4.74 Å². The maximum absolute atomic E-state index is 9.06. The number of hydrogen-bond acceptors (Lipinski definition) is 4. The minimum Gasteiger partial charge on any atom is -0.374 e. The van der Waals surface area contributed by atoms with Crippen LogP contribution in [0.15, 0.2) is 24.3 Å². The van der Waals surface area contributed by atoms with Crippen molar-refractivity contribution >= 4 is 0 Å². The van der Waals surface area contributed by atoms with Crippen molar-refractivity contribution in [2.75, 3.05) is 33.3 Å². The van der Waals surface area contributed by atoms with Gasteiger partial charge in [0.1, 0.15) is 0 Å². The Morgan fingerprint density at radius 2 is 2.35 bits per heavy atom. The number of rotatable bonds is 5. The maximum atomic E-state index is 9.06. The fraction of sp³-hybridized carbons (Fsp3) is 0.562. The first-order valence-electron chi connectivity index (χ1n) is 7.29. The molecule has 1 aromatic carbocycles. The SMILES string of the molecule is CCCNCC1OCCN(C)C1c1cccc(C#N)c1. The van der Waals surface area contributed by atoms with Crippen LogP contribution in [0, 0.1) is 11.3 Å². The van der Waals surface area contributed by atoms with E-state index < -0.39 is 0 Å². The lowest BCUT2D eigenvalue weighted by molar-refractivity contribution is -0.0612. The lowest BCUT2D eigenvalue weighted by Crippen LogP contribution is -2.47. The van der Waals surface area contributed by atoms with Gasteiger partial charge in [0.15, 0.2) is 0 Å². The largest absolute Gasteiger partial charge is 0.374 e. The lowest BCUT2D eigenvalue weighted by Gasteiger charge is -2.39. The highest BCUT2D eigenvalue weighted by Gasteiger charge is 2.31. The molecule has 1 N–H and O–H groups in total. The molecule has 1 aromatic rings. The standard InChI is InChI=1S/C16H23N3O/c1-3-7-18-12-15-16(19(2)8-9-20-15)14-6-4-5-13(10-14)11-17/h4-6,10,15-16,18H,3,7-9,12H2,1-2H3. The summed E-state index contributed by atoms with van der Waals surface area (Å²) >= 11 is 0. The molecule has 1 heterocycles. The minimum absolute atomic E-state index is 0.134. The molecule has 0 aliphatic carbocycles. The quantitative estimate of drug-likeness (QED) is 0.833. The van der Waals surface area contributed by atoms with Gasteiger partial charge in [-0.2, -0.15) is 5.26 Å². The fourth-order valence-electron chi connectivity index (χ4n) is 2.72. The van der Waals surface area contributed by atoms with Crippen LogP contribution in [0.2, 0.25) is 0 Å². The summed E-state index contributed by atoms with van der Waals surface area (Å²) in [5.41, 5.74) is 1.87. The summed E-state index contributed by atoms with van der Waals surface area (Å²) in [6, 6.07) is 10.3. The molecule has 0 bridgehead atoms. The van der Waals surface area contributed by atoms with Gasteiger partial charge in [-0.25, -0.2) is 0 Å². The van der Waals surface area contributed by atoms with Crippen LogP contribution in [0.5, 0.6) is 0 Å². The monoisotopic (exact) mass is 273 g/mol. The van der Waals surface area contributed by atoms with Gasteiger partial charge in [0.25, 0.3) is 0 Å². The molecule has 4 nitrogen and oxygen atoms in total. The summed E-state index contributed by atoms with van der Waals surface area (Å²) in [6.07, 6.45) is 1.26. The second kappa shape index (κ2) is 7.39. The van der Waals surface area contributed by atoms with Gasteiger partial charge in [-0.3, -0.25) is 4.90 Å². The second-order valence-corrected chi connectivity index (χ2v) is 5.28. The van der Waals surface area contributed by atoms with E-state index in [2.05, 4.69) is 36.3 Å². The highest BCUT2D eigenvalue weighted by atomic mass is 16.5. The maximum Gasteiger partial charge on any atom is 0.0991 e. The van der Waals surface area contributed by atoms with Crippen molar-refractivity contribution in [3.8, 4) is 6.07 Å². The highest BCUT2D eigenvalue weighted by molar-refractivity contribution is 5.34. The Kier molecular flexibility index (Phi) is 5.54. The Morgan fingerprint density at radius 1 is 1.50 bits per heavy atom. The number of morpholine rings is 1. The van der Waals surface area contributed by atoms with Crippen molar-refractivity contribution in [1.82, 2.24) is 10.2 Å². The molecular formula is C16H23N3O. The topological polar surface area (TPSA) is 48.3 Å². The van der Waals surface area contributed by atoms with Gasteiger partial charge in [0.05, 0.1) is 30.4 Å². The van der Waals surface area contributed by atoms with Crippen LogP contribution in [0.4, 0.5) is 0 Å². The molecular weight excluding hydrogens is 250 g/mol. The second-order valence-electron chi connectivity index (χ2n) is 5.28. The van der Waals surface area contributed by atoms with Gasteiger partial charge in [-0.1, -0.05) is 19.1 Å². The van der Waals surface area contributed by atoms with Crippen LogP contribution in [0.3, 0.4) is 0 Å². The molecule has 1 aliphatic heterocycles. The smallest absolute Gasteiger partial charge is 0.0991 e. The summed E-state index contributed by atoms with van der Waals surface area (Å²) < 4.78 is 5.95. The molecule has 1 saturated heterocycles. The zero-order valence-corrected chi connectivity index (χ0v) is 12.3. The van der Waals surface area contributed by atoms with E-state index >= 15 is 0 Å². The predicted molar refractivity (Wildman–Crippen MR) is 79.4 cm³/mol. The summed E-state index contributed by atoms with van der Waals surface area (Å²) in [5.74, 6) is 0. The van der Waals surface area contributed by atoms with E-state index in [4.69, 9.17) is 10.00 Å². The third-order valence-corrected chi connectivity index (χ3v) is 3.73. The van der Waals surface area contributed by atoms with E-state index in [9.17, 15) is 0 Å². The van der Waals surface area contributed by atoms with Crippen LogP contribution < -0.4 is 5.32 Å². The summed E-state index contributed by atoms with van der Waals surface area (Å²) in [6.45, 7) is 5.71. The van der Waals surface area contributed by atoms with Crippen molar-refractivity contribution in [2.45, 2.75) is 25.5 Å². The van der Waals surface area contributed by atoms with Crippen molar-refractivity contribution in [3.05, 3.63) is 35.4 Å². The fourth-order valence-corrected chi connectivity index (χ4v) is 2.72.